The largest absolute Gasteiger partial charge is 0.333 e. The molecule has 0 aliphatic rings. The van der Waals surface area contributed by atoms with E-state index in [0.717, 1.165) is 0 Å². The minimum atomic E-state index is -1.18. The average Bonchev–Trinajstić information content (AvgIpc) is 1.83. The summed E-state index contributed by atoms with van der Waals surface area (Å²) < 4.78 is 14.1. The van der Waals surface area contributed by atoms with Crippen molar-refractivity contribution in [3.63, 3.8) is 0 Å². The molecule has 0 rings (SSSR count). The van der Waals surface area contributed by atoms with Crippen molar-refractivity contribution >= 4 is 8.60 Å². The van der Waals surface area contributed by atoms with Gasteiger partial charge in [-0.15, -0.1) is 0 Å². The van der Waals surface area contributed by atoms with Crippen LogP contribution < -0.4 is 5.73 Å². The fraction of sp³-hybridized carbons (Fsp3) is 1.00. The zero-order valence-electron chi connectivity index (χ0n) is 4.96. The Labute approximate surface area is 49.9 Å². The van der Waals surface area contributed by atoms with Crippen LogP contribution in [0.1, 0.15) is 0 Å². The molecule has 0 heterocycles. The molecule has 0 aromatic heterocycles. The van der Waals surface area contributed by atoms with Crippen molar-refractivity contribution in [1.29, 1.82) is 0 Å². The summed E-state index contributed by atoms with van der Waals surface area (Å²) in [6.45, 7) is 0.132. The minimum absolute atomic E-state index is 0.132. The molecular formula is C3H10NO3P. The third kappa shape index (κ3) is 3.29. The van der Waals surface area contributed by atoms with Gasteiger partial charge in [0.25, 0.3) is 0 Å². The Bertz CT molecular complexity index is 49.8. The van der Waals surface area contributed by atoms with Gasteiger partial charge >= 0.3 is 8.60 Å². The van der Waals surface area contributed by atoms with Crippen LogP contribution in [0.5, 0.6) is 0 Å². The molecule has 0 saturated heterocycles. The molecule has 0 atom stereocenters. The lowest BCUT2D eigenvalue weighted by atomic mass is 11.4. The maximum Gasteiger partial charge on any atom is 0.333 e. The Morgan fingerprint density at radius 2 is 1.88 bits per heavy atom. The van der Waals surface area contributed by atoms with Crippen molar-refractivity contribution in [2.75, 3.05) is 21.0 Å². The number of nitrogens with two attached hydrogens (primary N) is 1. The number of hydrogen-bond donors (Lipinski definition) is 1. The van der Waals surface area contributed by atoms with Crippen molar-refractivity contribution in [3.8, 4) is 0 Å². The second kappa shape index (κ2) is 5.41. The summed E-state index contributed by atoms with van der Waals surface area (Å²) in [5.41, 5.74) is 5.01. The van der Waals surface area contributed by atoms with E-state index in [0.29, 0.717) is 0 Å². The Balaban J connectivity index is 3.07. The topological polar surface area (TPSA) is 53.7 Å². The van der Waals surface area contributed by atoms with Gasteiger partial charge in [-0.05, 0) is 0 Å². The first-order chi connectivity index (χ1) is 3.85. The van der Waals surface area contributed by atoms with Crippen LogP contribution >= 0.6 is 8.60 Å². The molecule has 0 aromatic rings. The summed E-state index contributed by atoms with van der Waals surface area (Å²) in [6.07, 6.45) is 0. The summed E-state index contributed by atoms with van der Waals surface area (Å²) in [6, 6.07) is 0. The molecule has 0 unspecified atom stereocenters. The fourth-order valence-corrected chi connectivity index (χ4v) is 0.722. The summed E-state index contributed by atoms with van der Waals surface area (Å²) in [5.74, 6) is 0. The van der Waals surface area contributed by atoms with E-state index in [9.17, 15) is 0 Å². The molecule has 4 nitrogen and oxygen atoms in total. The average molecular weight is 139 g/mol. The van der Waals surface area contributed by atoms with Crippen LogP contribution in [-0.2, 0) is 13.6 Å². The molecule has 0 amide bonds. The van der Waals surface area contributed by atoms with E-state index in [1.807, 2.05) is 0 Å². The second-order valence-corrected chi connectivity index (χ2v) is 2.32. The molecule has 0 aliphatic carbocycles. The predicted molar refractivity (Wildman–Crippen MR) is 31.1 cm³/mol. The molecule has 8 heavy (non-hydrogen) atoms. The van der Waals surface area contributed by atoms with E-state index >= 15 is 0 Å². The van der Waals surface area contributed by atoms with Gasteiger partial charge in [-0.1, -0.05) is 0 Å². The lowest BCUT2D eigenvalue weighted by Crippen LogP contribution is -2.01. The first-order valence-corrected chi connectivity index (χ1v) is 3.16. The van der Waals surface area contributed by atoms with E-state index in [2.05, 4.69) is 9.05 Å². The number of rotatable bonds is 4. The summed E-state index contributed by atoms with van der Waals surface area (Å²) in [4.78, 5) is 0. The highest BCUT2D eigenvalue weighted by atomic mass is 31.2. The first-order valence-electron chi connectivity index (χ1n) is 2.06. The van der Waals surface area contributed by atoms with Crippen LogP contribution in [0.25, 0.3) is 0 Å². The van der Waals surface area contributed by atoms with Gasteiger partial charge in [0.2, 0.25) is 0 Å². The lowest BCUT2D eigenvalue weighted by molar-refractivity contribution is 0.210. The van der Waals surface area contributed by atoms with Crippen molar-refractivity contribution in [2.45, 2.75) is 0 Å². The molecule has 0 bridgehead atoms. The Morgan fingerprint density at radius 3 is 2.00 bits per heavy atom. The van der Waals surface area contributed by atoms with Gasteiger partial charge in [0.05, 0.1) is 0 Å². The monoisotopic (exact) mass is 139 g/mol. The van der Waals surface area contributed by atoms with Gasteiger partial charge in [0.1, 0.15) is 6.73 Å². The molecule has 5 heteroatoms. The zero-order valence-corrected chi connectivity index (χ0v) is 5.85. The molecule has 0 fully saturated rings. The van der Waals surface area contributed by atoms with Gasteiger partial charge < -0.3 is 14.8 Å². The highest BCUT2D eigenvalue weighted by molar-refractivity contribution is 7.41. The fourth-order valence-electron chi connectivity index (χ4n) is 0.241. The van der Waals surface area contributed by atoms with Crippen LogP contribution in [0, 0.1) is 0 Å². The van der Waals surface area contributed by atoms with Crippen LogP contribution in [0.2, 0.25) is 0 Å². The van der Waals surface area contributed by atoms with E-state index in [1.165, 1.54) is 14.2 Å². The van der Waals surface area contributed by atoms with E-state index in [4.69, 9.17) is 10.3 Å². The van der Waals surface area contributed by atoms with Crippen molar-refractivity contribution in [2.24, 2.45) is 5.73 Å². The standard InChI is InChI=1S/C3H10NO3P/c1-5-8(6-2)7-3-4/h3-4H2,1-2H3. The van der Waals surface area contributed by atoms with E-state index in [-0.39, 0.29) is 6.73 Å². The molecular weight excluding hydrogens is 129 g/mol. The quantitative estimate of drug-likeness (QED) is 0.453. The normalized spacial score (nSPS) is 10.5. The van der Waals surface area contributed by atoms with Crippen LogP contribution in [0.4, 0.5) is 0 Å². The maximum atomic E-state index is 5.01. The molecule has 0 spiro atoms. The number of hydrogen-bond acceptors (Lipinski definition) is 4. The van der Waals surface area contributed by atoms with Gasteiger partial charge in [-0.2, -0.15) is 0 Å². The third-order valence-corrected chi connectivity index (χ3v) is 1.43. The molecule has 0 aromatic carbocycles. The first kappa shape index (κ1) is 8.27. The summed E-state index contributed by atoms with van der Waals surface area (Å²) >= 11 is 0. The lowest BCUT2D eigenvalue weighted by Gasteiger charge is -2.08. The van der Waals surface area contributed by atoms with Crippen LogP contribution in [0.3, 0.4) is 0 Å². The van der Waals surface area contributed by atoms with E-state index < -0.39 is 8.60 Å². The third-order valence-electron chi connectivity index (χ3n) is 0.478. The molecule has 0 saturated carbocycles. The highest BCUT2D eigenvalue weighted by Gasteiger charge is 2.03. The predicted octanol–water partition coefficient (Wildman–Crippen LogP) is 0.439. The molecule has 2 N–H and O–H groups in total. The van der Waals surface area contributed by atoms with Gasteiger partial charge in [-0.25, -0.2) is 0 Å². The van der Waals surface area contributed by atoms with Crippen molar-refractivity contribution in [3.05, 3.63) is 0 Å². The highest BCUT2D eigenvalue weighted by Crippen LogP contribution is 2.35. The van der Waals surface area contributed by atoms with Crippen molar-refractivity contribution in [1.82, 2.24) is 0 Å². The van der Waals surface area contributed by atoms with E-state index in [1.54, 1.807) is 0 Å². The Morgan fingerprint density at radius 1 is 1.38 bits per heavy atom. The Hall–Kier alpha value is 0.270. The van der Waals surface area contributed by atoms with Crippen LogP contribution in [0.15, 0.2) is 0 Å². The minimum Gasteiger partial charge on any atom is -0.316 e. The van der Waals surface area contributed by atoms with Gasteiger partial charge in [0.15, 0.2) is 0 Å². The summed E-state index contributed by atoms with van der Waals surface area (Å²) in [5, 5.41) is 0. The molecule has 50 valence electrons. The molecule has 0 radical (unpaired) electrons. The van der Waals surface area contributed by atoms with Crippen LogP contribution in [-0.4, -0.2) is 21.0 Å². The van der Waals surface area contributed by atoms with Gasteiger partial charge in [0, 0.05) is 14.2 Å². The Kier molecular flexibility index (Phi) is 5.59. The smallest absolute Gasteiger partial charge is 0.316 e. The van der Waals surface area contributed by atoms with Gasteiger partial charge in [-0.3, -0.25) is 4.52 Å². The zero-order chi connectivity index (χ0) is 6.41. The van der Waals surface area contributed by atoms with Crippen molar-refractivity contribution < 1.29 is 13.6 Å². The maximum absolute atomic E-state index is 5.01. The SMILES string of the molecule is COP(OC)OCN. The second-order valence-electron chi connectivity index (χ2n) is 0.885. The summed E-state index contributed by atoms with van der Waals surface area (Å²) in [7, 11) is 1.83. The molecule has 0 aliphatic heterocycles.